The van der Waals surface area contributed by atoms with Gasteiger partial charge in [0.05, 0.1) is 6.54 Å². The van der Waals surface area contributed by atoms with Crippen molar-refractivity contribution >= 4 is 12.4 Å². The number of rotatable bonds is 3. The Hall–Kier alpha value is -2.51. The van der Waals surface area contributed by atoms with Crippen LogP contribution in [-0.2, 0) is 16.1 Å². The van der Waals surface area contributed by atoms with Gasteiger partial charge in [0.1, 0.15) is 0 Å². The lowest BCUT2D eigenvalue weighted by atomic mass is 10.2. The summed E-state index contributed by atoms with van der Waals surface area (Å²) in [6, 6.07) is 18.7. The van der Waals surface area contributed by atoms with Crippen molar-refractivity contribution in [2.24, 2.45) is 4.99 Å². The van der Waals surface area contributed by atoms with E-state index in [1.807, 2.05) is 24.4 Å². The van der Waals surface area contributed by atoms with Gasteiger partial charge in [-0.2, -0.15) is 9.59 Å². The highest BCUT2D eigenvalue weighted by atomic mass is 16.2. The molecule has 0 aliphatic rings. The maximum atomic E-state index is 8.12. The maximum absolute atomic E-state index is 8.12. The van der Waals surface area contributed by atoms with Crippen LogP contribution in [0.15, 0.2) is 59.6 Å². The van der Waals surface area contributed by atoms with Crippen molar-refractivity contribution in [3.8, 4) is 0 Å². The molecule has 0 aromatic heterocycles. The zero-order valence-corrected chi connectivity index (χ0v) is 10.7. The summed E-state index contributed by atoms with van der Waals surface area (Å²) in [5.41, 5.74) is 3.67. The smallest absolute Gasteiger partial charge is 0.288 e. The number of nitrogens with zero attached hydrogens (tertiary/aromatic N) is 1. The third-order valence-electron chi connectivity index (χ3n) is 2.43. The minimum absolute atomic E-state index is 0.250. The molecule has 0 amide bonds. The molecule has 0 saturated carbocycles. The molecule has 0 unspecified atom stereocenters. The highest BCUT2D eigenvalue weighted by Gasteiger charge is 1.88. The van der Waals surface area contributed by atoms with Gasteiger partial charge in [0, 0.05) is 6.21 Å². The molecule has 0 aliphatic carbocycles. The van der Waals surface area contributed by atoms with Gasteiger partial charge in [-0.25, -0.2) is 0 Å². The maximum Gasteiger partial charge on any atom is 0.373 e. The highest BCUT2D eigenvalue weighted by Crippen LogP contribution is 2.02. The van der Waals surface area contributed by atoms with Crippen LogP contribution in [0.2, 0.25) is 0 Å². The summed E-state index contributed by atoms with van der Waals surface area (Å²) in [7, 11) is 0. The van der Waals surface area contributed by atoms with Gasteiger partial charge < -0.3 is 0 Å². The van der Waals surface area contributed by atoms with Gasteiger partial charge >= 0.3 is 6.15 Å². The average Bonchev–Trinajstić information content (AvgIpc) is 2.43. The minimum Gasteiger partial charge on any atom is -0.288 e. The molecular formula is C16H15NO2. The van der Waals surface area contributed by atoms with Crippen LogP contribution in [0.1, 0.15) is 16.7 Å². The van der Waals surface area contributed by atoms with E-state index in [-0.39, 0.29) is 6.15 Å². The molecule has 0 heterocycles. The topological polar surface area (TPSA) is 46.5 Å². The summed E-state index contributed by atoms with van der Waals surface area (Å²) in [4.78, 5) is 20.7. The van der Waals surface area contributed by atoms with Crippen molar-refractivity contribution in [3.63, 3.8) is 0 Å². The van der Waals surface area contributed by atoms with Crippen LogP contribution in [0, 0.1) is 6.92 Å². The third-order valence-corrected chi connectivity index (χ3v) is 2.43. The Morgan fingerprint density at radius 1 is 1.00 bits per heavy atom. The molecule has 0 aliphatic heterocycles. The number of carbonyl (C=O) groups excluding carboxylic acids is 2. The molecule has 0 bridgehead atoms. The van der Waals surface area contributed by atoms with Crippen molar-refractivity contribution in [3.05, 3.63) is 71.3 Å². The van der Waals surface area contributed by atoms with E-state index in [0.717, 1.165) is 12.1 Å². The summed E-state index contributed by atoms with van der Waals surface area (Å²) in [5, 5.41) is 0. The second-order valence-corrected chi connectivity index (χ2v) is 3.95. The van der Waals surface area contributed by atoms with Crippen LogP contribution in [-0.4, -0.2) is 12.4 Å². The van der Waals surface area contributed by atoms with Crippen molar-refractivity contribution in [2.45, 2.75) is 13.5 Å². The van der Waals surface area contributed by atoms with E-state index in [9.17, 15) is 0 Å². The molecule has 0 atom stereocenters. The Morgan fingerprint density at radius 2 is 1.58 bits per heavy atom. The summed E-state index contributed by atoms with van der Waals surface area (Å²) in [6.07, 6.45) is 2.17. The Labute approximate surface area is 112 Å². The molecule has 2 aromatic carbocycles. The zero-order valence-electron chi connectivity index (χ0n) is 10.7. The van der Waals surface area contributed by atoms with Gasteiger partial charge in [-0.05, 0) is 18.1 Å². The van der Waals surface area contributed by atoms with E-state index >= 15 is 0 Å². The largest absolute Gasteiger partial charge is 0.373 e. The first-order chi connectivity index (χ1) is 9.26. The molecule has 96 valence electrons. The SMILES string of the molecule is Cc1ccc(C=NCc2ccccc2)cc1.O=C=O. The fourth-order valence-corrected chi connectivity index (χ4v) is 1.49. The lowest BCUT2D eigenvalue weighted by Crippen LogP contribution is -1.84. The van der Waals surface area contributed by atoms with Gasteiger partial charge in [-0.15, -0.1) is 0 Å². The number of hydrogen-bond acceptors (Lipinski definition) is 3. The lowest BCUT2D eigenvalue weighted by molar-refractivity contribution is -0.191. The van der Waals surface area contributed by atoms with E-state index in [1.165, 1.54) is 11.1 Å². The highest BCUT2D eigenvalue weighted by molar-refractivity contribution is 5.79. The Kier molecular flexibility index (Phi) is 6.56. The molecule has 0 radical (unpaired) electrons. The molecule has 2 aromatic rings. The molecule has 19 heavy (non-hydrogen) atoms. The lowest BCUT2D eigenvalue weighted by Gasteiger charge is -1.96. The molecule has 3 heteroatoms. The first-order valence-corrected chi connectivity index (χ1v) is 5.86. The second-order valence-electron chi connectivity index (χ2n) is 3.95. The van der Waals surface area contributed by atoms with Crippen molar-refractivity contribution in [2.75, 3.05) is 0 Å². The normalized spacial score (nSPS) is 9.53. The summed E-state index contributed by atoms with van der Waals surface area (Å²) < 4.78 is 0. The number of hydrogen-bond donors (Lipinski definition) is 0. The minimum atomic E-state index is 0.250. The van der Waals surface area contributed by atoms with E-state index in [4.69, 9.17) is 9.59 Å². The Bertz CT molecular complexity index is 539. The van der Waals surface area contributed by atoms with E-state index < -0.39 is 0 Å². The number of aliphatic imine (C=N–C) groups is 1. The van der Waals surface area contributed by atoms with Gasteiger partial charge in [0.25, 0.3) is 0 Å². The Morgan fingerprint density at radius 3 is 2.16 bits per heavy atom. The van der Waals surface area contributed by atoms with Gasteiger partial charge in [-0.1, -0.05) is 60.2 Å². The molecule has 3 nitrogen and oxygen atoms in total. The monoisotopic (exact) mass is 253 g/mol. The van der Waals surface area contributed by atoms with E-state index in [1.54, 1.807) is 0 Å². The average molecular weight is 253 g/mol. The van der Waals surface area contributed by atoms with Crippen molar-refractivity contribution in [1.29, 1.82) is 0 Å². The summed E-state index contributed by atoms with van der Waals surface area (Å²) in [5.74, 6) is 0. The molecule has 0 saturated heterocycles. The molecular weight excluding hydrogens is 238 g/mol. The summed E-state index contributed by atoms with van der Waals surface area (Å²) >= 11 is 0. The molecule has 2 rings (SSSR count). The second kappa shape index (κ2) is 8.56. The van der Waals surface area contributed by atoms with Crippen LogP contribution < -0.4 is 0 Å². The fraction of sp³-hybridized carbons (Fsp3) is 0.125. The van der Waals surface area contributed by atoms with Crippen LogP contribution in [0.25, 0.3) is 0 Å². The van der Waals surface area contributed by atoms with Crippen LogP contribution in [0.4, 0.5) is 0 Å². The molecule has 0 fully saturated rings. The fourth-order valence-electron chi connectivity index (χ4n) is 1.49. The molecule has 0 spiro atoms. The molecule has 0 N–H and O–H groups in total. The summed E-state index contributed by atoms with van der Waals surface area (Å²) in [6.45, 7) is 2.83. The van der Waals surface area contributed by atoms with Crippen LogP contribution in [0.5, 0.6) is 0 Å². The first-order valence-electron chi connectivity index (χ1n) is 5.86. The van der Waals surface area contributed by atoms with Crippen molar-refractivity contribution in [1.82, 2.24) is 0 Å². The quantitative estimate of drug-likeness (QED) is 0.789. The Balaban J connectivity index is 0.000000550. The number of benzene rings is 2. The zero-order chi connectivity index (χ0) is 13.9. The van der Waals surface area contributed by atoms with E-state index in [0.29, 0.717) is 0 Å². The third kappa shape index (κ3) is 6.10. The van der Waals surface area contributed by atoms with Crippen LogP contribution >= 0.6 is 0 Å². The van der Waals surface area contributed by atoms with E-state index in [2.05, 4.69) is 48.3 Å². The van der Waals surface area contributed by atoms with Crippen molar-refractivity contribution < 1.29 is 9.59 Å². The van der Waals surface area contributed by atoms with Crippen LogP contribution in [0.3, 0.4) is 0 Å². The predicted octanol–water partition coefficient (Wildman–Crippen LogP) is 3.03. The van der Waals surface area contributed by atoms with Gasteiger partial charge in [0.2, 0.25) is 0 Å². The predicted molar refractivity (Wildman–Crippen MR) is 73.9 cm³/mol. The van der Waals surface area contributed by atoms with Gasteiger partial charge in [0.15, 0.2) is 0 Å². The first kappa shape index (κ1) is 14.6. The standard InChI is InChI=1S/C15H15N.CO2/c1-13-7-9-15(10-8-13)12-16-11-14-5-3-2-4-6-14;2-1-3/h2-10,12H,11H2,1H3;. The van der Waals surface area contributed by atoms with Gasteiger partial charge in [-0.3, -0.25) is 4.99 Å². The number of aryl methyl sites for hydroxylation is 1.